The Hall–Kier alpha value is -1.05. The Labute approximate surface area is 112 Å². The first-order chi connectivity index (χ1) is 8.59. The first-order valence-electron chi connectivity index (χ1n) is 5.76. The molecule has 0 aromatic heterocycles. The summed E-state index contributed by atoms with van der Waals surface area (Å²) in [7, 11) is -4.30. The average molecular weight is 292 g/mol. The number of benzene rings is 1. The molecule has 7 heteroatoms. The molecular weight excluding hydrogens is 274 g/mol. The van der Waals surface area contributed by atoms with Gasteiger partial charge in [0, 0.05) is 12.6 Å². The van der Waals surface area contributed by atoms with E-state index < -0.39 is 38.0 Å². The maximum Gasteiger partial charge on any atom is 0.246 e. The van der Waals surface area contributed by atoms with Gasteiger partial charge >= 0.3 is 0 Å². The Morgan fingerprint density at radius 1 is 1.26 bits per heavy atom. The molecule has 4 nitrogen and oxygen atoms in total. The first-order valence-corrected chi connectivity index (χ1v) is 7.24. The predicted molar refractivity (Wildman–Crippen MR) is 69.0 cm³/mol. The summed E-state index contributed by atoms with van der Waals surface area (Å²) in [4.78, 5) is -0.974. The number of halogens is 2. The van der Waals surface area contributed by atoms with E-state index in [0.29, 0.717) is 0 Å². The second-order valence-electron chi connectivity index (χ2n) is 5.33. The summed E-state index contributed by atoms with van der Waals surface area (Å²) in [6.45, 7) is 5.37. The molecule has 1 aromatic rings. The SMILES string of the molecule is CC(C)(C)C(CN)NS(=O)(=O)c1c(F)cccc1F. The smallest absolute Gasteiger partial charge is 0.246 e. The highest BCUT2D eigenvalue weighted by molar-refractivity contribution is 7.89. The van der Waals surface area contributed by atoms with Crippen molar-refractivity contribution in [3.05, 3.63) is 29.8 Å². The van der Waals surface area contributed by atoms with Crippen LogP contribution in [0.2, 0.25) is 0 Å². The molecule has 0 saturated carbocycles. The number of sulfonamides is 1. The number of hydrogen-bond acceptors (Lipinski definition) is 3. The lowest BCUT2D eigenvalue weighted by molar-refractivity contribution is 0.303. The Kier molecular flexibility index (Phi) is 4.65. The van der Waals surface area contributed by atoms with E-state index >= 15 is 0 Å². The minimum Gasteiger partial charge on any atom is -0.329 e. The van der Waals surface area contributed by atoms with E-state index in [-0.39, 0.29) is 6.54 Å². The van der Waals surface area contributed by atoms with Crippen molar-refractivity contribution in [1.82, 2.24) is 4.72 Å². The third-order valence-electron chi connectivity index (χ3n) is 2.77. The van der Waals surface area contributed by atoms with Crippen LogP contribution in [-0.2, 0) is 10.0 Å². The van der Waals surface area contributed by atoms with Crippen LogP contribution in [0.15, 0.2) is 23.1 Å². The number of rotatable bonds is 4. The minimum atomic E-state index is -4.30. The van der Waals surface area contributed by atoms with Gasteiger partial charge in [-0.3, -0.25) is 0 Å². The van der Waals surface area contributed by atoms with Crippen LogP contribution in [0.3, 0.4) is 0 Å². The number of nitrogens with one attached hydrogen (secondary N) is 1. The topological polar surface area (TPSA) is 72.2 Å². The average Bonchev–Trinajstić information content (AvgIpc) is 2.23. The van der Waals surface area contributed by atoms with Crippen molar-refractivity contribution >= 4 is 10.0 Å². The highest BCUT2D eigenvalue weighted by Crippen LogP contribution is 2.23. The highest BCUT2D eigenvalue weighted by Gasteiger charge is 2.31. The standard InChI is InChI=1S/C12H18F2N2O2S/c1-12(2,3)10(7-15)16-19(17,18)11-8(13)5-4-6-9(11)14/h4-6,10,16H,7,15H2,1-3H3. The van der Waals surface area contributed by atoms with Gasteiger partial charge in [-0.1, -0.05) is 26.8 Å². The van der Waals surface area contributed by atoms with E-state index in [9.17, 15) is 17.2 Å². The molecule has 1 rings (SSSR count). The summed E-state index contributed by atoms with van der Waals surface area (Å²) < 4.78 is 53.3. The second kappa shape index (κ2) is 5.52. The van der Waals surface area contributed by atoms with E-state index in [1.54, 1.807) is 20.8 Å². The normalized spacial score (nSPS) is 14.4. The van der Waals surface area contributed by atoms with Crippen molar-refractivity contribution in [2.75, 3.05) is 6.54 Å². The van der Waals surface area contributed by atoms with Crippen LogP contribution in [0.4, 0.5) is 8.78 Å². The Morgan fingerprint density at radius 2 is 1.74 bits per heavy atom. The van der Waals surface area contributed by atoms with E-state index in [1.807, 2.05) is 0 Å². The lowest BCUT2D eigenvalue weighted by Gasteiger charge is -2.30. The summed E-state index contributed by atoms with van der Waals surface area (Å²) in [6.07, 6.45) is 0. The molecule has 0 radical (unpaired) electrons. The molecule has 3 N–H and O–H groups in total. The van der Waals surface area contributed by atoms with Crippen LogP contribution < -0.4 is 10.5 Å². The molecule has 0 aliphatic heterocycles. The fourth-order valence-electron chi connectivity index (χ4n) is 1.56. The van der Waals surface area contributed by atoms with E-state index in [1.165, 1.54) is 0 Å². The highest BCUT2D eigenvalue weighted by atomic mass is 32.2. The van der Waals surface area contributed by atoms with E-state index in [0.717, 1.165) is 18.2 Å². The van der Waals surface area contributed by atoms with Crippen molar-refractivity contribution in [2.24, 2.45) is 11.1 Å². The maximum atomic E-state index is 13.5. The van der Waals surface area contributed by atoms with Gasteiger partial charge in [-0.05, 0) is 17.5 Å². The molecule has 1 unspecified atom stereocenters. The molecule has 0 heterocycles. The minimum absolute atomic E-state index is 0.0266. The van der Waals surface area contributed by atoms with Gasteiger partial charge in [-0.2, -0.15) is 0 Å². The van der Waals surface area contributed by atoms with Gasteiger partial charge in [0.1, 0.15) is 11.6 Å². The van der Waals surface area contributed by atoms with Crippen molar-refractivity contribution in [3.63, 3.8) is 0 Å². The Morgan fingerprint density at radius 3 is 2.11 bits per heavy atom. The van der Waals surface area contributed by atoms with Crippen molar-refractivity contribution in [3.8, 4) is 0 Å². The van der Waals surface area contributed by atoms with Gasteiger partial charge in [0.2, 0.25) is 10.0 Å². The van der Waals surface area contributed by atoms with E-state index in [4.69, 9.17) is 5.73 Å². The zero-order chi connectivity index (χ0) is 14.8. The third kappa shape index (κ3) is 3.71. The van der Waals surface area contributed by atoms with Crippen molar-refractivity contribution < 1.29 is 17.2 Å². The fourth-order valence-corrected chi connectivity index (χ4v) is 3.16. The molecular formula is C12H18F2N2O2S. The van der Waals surface area contributed by atoms with Gasteiger partial charge in [-0.15, -0.1) is 0 Å². The molecule has 0 bridgehead atoms. The summed E-state index contributed by atoms with van der Waals surface area (Å²) in [6, 6.07) is 2.27. The Balaban J connectivity index is 3.19. The molecule has 0 aliphatic carbocycles. The van der Waals surface area contributed by atoms with Crippen LogP contribution >= 0.6 is 0 Å². The van der Waals surface area contributed by atoms with Gasteiger partial charge in [0.05, 0.1) is 0 Å². The van der Waals surface area contributed by atoms with Gasteiger partial charge < -0.3 is 5.73 Å². The zero-order valence-electron chi connectivity index (χ0n) is 11.1. The lowest BCUT2D eigenvalue weighted by atomic mass is 9.88. The van der Waals surface area contributed by atoms with Gasteiger partial charge in [0.15, 0.2) is 4.90 Å². The van der Waals surface area contributed by atoms with Crippen LogP contribution in [-0.4, -0.2) is 21.0 Å². The molecule has 0 spiro atoms. The largest absolute Gasteiger partial charge is 0.329 e. The first kappa shape index (κ1) is 16.0. The number of hydrogen-bond donors (Lipinski definition) is 2. The third-order valence-corrected chi connectivity index (χ3v) is 4.29. The molecule has 1 atom stereocenters. The van der Waals surface area contributed by atoms with Crippen molar-refractivity contribution in [1.29, 1.82) is 0 Å². The quantitative estimate of drug-likeness (QED) is 0.885. The Bertz CT molecular complexity index is 533. The molecule has 19 heavy (non-hydrogen) atoms. The molecule has 108 valence electrons. The van der Waals surface area contributed by atoms with Gasteiger partial charge in [-0.25, -0.2) is 21.9 Å². The number of nitrogens with two attached hydrogens (primary N) is 1. The van der Waals surface area contributed by atoms with Crippen LogP contribution in [0.1, 0.15) is 20.8 Å². The van der Waals surface area contributed by atoms with E-state index in [2.05, 4.69) is 4.72 Å². The summed E-state index contributed by atoms with van der Waals surface area (Å²) >= 11 is 0. The van der Waals surface area contributed by atoms with Crippen LogP contribution in [0.25, 0.3) is 0 Å². The van der Waals surface area contributed by atoms with Gasteiger partial charge in [0.25, 0.3) is 0 Å². The summed E-state index contributed by atoms with van der Waals surface area (Å²) in [5.41, 5.74) is 5.04. The zero-order valence-corrected chi connectivity index (χ0v) is 11.9. The van der Waals surface area contributed by atoms with Crippen LogP contribution in [0, 0.1) is 17.0 Å². The van der Waals surface area contributed by atoms with Crippen molar-refractivity contribution in [2.45, 2.75) is 31.7 Å². The molecule has 0 saturated heterocycles. The second-order valence-corrected chi connectivity index (χ2v) is 6.98. The lowest BCUT2D eigenvalue weighted by Crippen LogP contribution is -2.48. The monoisotopic (exact) mass is 292 g/mol. The molecule has 0 amide bonds. The van der Waals surface area contributed by atoms with Crippen LogP contribution in [0.5, 0.6) is 0 Å². The molecule has 0 aliphatic rings. The molecule has 0 fully saturated rings. The fraction of sp³-hybridized carbons (Fsp3) is 0.500. The summed E-state index contributed by atoms with van der Waals surface area (Å²) in [5.74, 6) is -2.26. The summed E-state index contributed by atoms with van der Waals surface area (Å²) in [5, 5.41) is 0. The predicted octanol–water partition coefficient (Wildman–Crippen LogP) is 1.62. The molecule has 1 aromatic carbocycles. The maximum absolute atomic E-state index is 13.5.